The van der Waals surface area contributed by atoms with Gasteiger partial charge in [0.1, 0.15) is 0 Å². The molecule has 0 radical (unpaired) electrons. The van der Waals surface area contributed by atoms with Crippen molar-refractivity contribution >= 4 is 11.9 Å². The summed E-state index contributed by atoms with van der Waals surface area (Å²) in [5, 5.41) is 18.7. The molecule has 0 aromatic heterocycles. The first-order chi connectivity index (χ1) is 7.04. The smallest absolute Gasteiger partial charge is 0.200 e. The molecule has 0 heterocycles. The molecule has 0 saturated heterocycles. The third kappa shape index (κ3) is 2.74. The topological polar surface area (TPSA) is 66.8 Å². The second-order valence-corrected chi connectivity index (χ2v) is 3.03. The molecule has 1 aromatic rings. The van der Waals surface area contributed by atoms with Crippen LogP contribution >= 0.6 is 0 Å². The Kier molecular flexibility index (Phi) is 3.33. The van der Waals surface area contributed by atoms with E-state index in [0.29, 0.717) is 5.56 Å². The molecule has 4 heteroatoms. The lowest BCUT2D eigenvalue weighted by Crippen LogP contribution is -1.86. The lowest BCUT2D eigenvalue weighted by molar-refractivity contribution is -0.112. The molecule has 0 amide bonds. The van der Waals surface area contributed by atoms with Gasteiger partial charge in [0.2, 0.25) is 5.75 Å². The van der Waals surface area contributed by atoms with Gasteiger partial charge in [0.25, 0.3) is 0 Å². The van der Waals surface area contributed by atoms with Crippen LogP contribution in [0.1, 0.15) is 12.5 Å². The number of ether oxygens (including phenoxy) is 1. The number of hydrogen-bond donors (Lipinski definition) is 2. The molecule has 0 aliphatic carbocycles. The molecule has 1 aromatic carbocycles. The molecule has 0 saturated carbocycles. The minimum absolute atomic E-state index is 0.0958. The number of rotatable bonds is 3. The maximum Gasteiger partial charge on any atom is 0.200 e. The van der Waals surface area contributed by atoms with Gasteiger partial charge in [0, 0.05) is 0 Å². The van der Waals surface area contributed by atoms with Crippen molar-refractivity contribution in [2.24, 2.45) is 0 Å². The summed E-state index contributed by atoms with van der Waals surface area (Å²) in [5.41, 5.74) is 0.581. The van der Waals surface area contributed by atoms with Crippen molar-refractivity contribution in [3.63, 3.8) is 0 Å². The molecule has 2 N–H and O–H groups in total. The summed E-state index contributed by atoms with van der Waals surface area (Å²) in [6, 6.07) is 2.87. The Morgan fingerprint density at radius 1 is 1.40 bits per heavy atom. The molecule has 0 aliphatic heterocycles. The number of carbonyl (C=O) groups excluding carboxylic acids is 1. The number of aromatic hydroxyl groups is 2. The van der Waals surface area contributed by atoms with Crippen LogP contribution < -0.4 is 4.74 Å². The average molecular weight is 208 g/mol. The third-order valence-corrected chi connectivity index (χ3v) is 1.81. The van der Waals surface area contributed by atoms with Gasteiger partial charge < -0.3 is 14.9 Å². The molecular weight excluding hydrogens is 196 g/mol. The molecule has 15 heavy (non-hydrogen) atoms. The number of phenols is 2. The van der Waals surface area contributed by atoms with Gasteiger partial charge in [-0.15, -0.1) is 0 Å². The van der Waals surface area contributed by atoms with Gasteiger partial charge in [-0.2, -0.15) is 0 Å². The Balaban J connectivity index is 3.11. The summed E-state index contributed by atoms with van der Waals surface area (Å²) in [6.45, 7) is 1.42. The van der Waals surface area contributed by atoms with Gasteiger partial charge in [-0.1, -0.05) is 6.08 Å². The molecule has 0 spiro atoms. The number of phenolic OH excluding ortho intramolecular Hbond substituents is 2. The zero-order valence-electron chi connectivity index (χ0n) is 8.52. The summed E-state index contributed by atoms with van der Waals surface area (Å²) in [7, 11) is 1.38. The third-order valence-electron chi connectivity index (χ3n) is 1.81. The van der Waals surface area contributed by atoms with Crippen molar-refractivity contribution in [2.45, 2.75) is 6.92 Å². The fourth-order valence-corrected chi connectivity index (χ4v) is 1.08. The minimum Gasteiger partial charge on any atom is -0.504 e. The average Bonchev–Trinajstić information content (AvgIpc) is 2.19. The first-order valence-corrected chi connectivity index (χ1v) is 4.33. The van der Waals surface area contributed by atoms with Crippen molar-refractivity contribution in [1.82, 2.24) is 0 Å². The van der Waals surface area contributed by atoms with Gasteiger partial charge >= 0.3 is 0 Å². The SMILES string of the molecule is COc1cc(C=CC(C)=O)cc(O)c1O. The maximum atomic E-state index is 10.7. The van der Waals surface area contributed by atoms with Crippen LogP contribution in [0.4, 0.5) is 0 Å². The number of allylic oxidation sites excluding steroid dienone is 1. The highest BCUT2D eigenvalue weighted by Gasteiger charge is 2.07. The summed E-state index contributed by atoms with van der Waals surface area (Å²) in [4.78, 5) is 10.7. The fourth-order valence-electron chi connectivity index (χ4n) is 1.08. The molecule has 0 bridgehead atoms. The normalized spacial score (nSPS) is 10.5. The Hall–Kier alpha value is -1.97. The molecule has 80 valence electrons. The number of benzene rings is 1. The molecule has 4 nitrogen and oxygen atoms in total. The monoisotopic (exact) mass is 208 g/mol. The molecule has 0 unspecified atom stereocenters. The van der Waals surface area contributed by atoms with E-state index in [2.05, 4.69) is 0 Å². The van der Waals surface area contributed by atoms with Gasteiger partial charge in [-0.05, 0) is 30.7 Å². The van der Waals surface area contributed by atoms with Crippen LogP contribution in [0.3, 0.4) is 0 Å². The zero-order chi connectivity index (χ0) is 11.4. The van der Waals surface area contributed by atoms with Crippen molar-refractivity contribution < 1.29 is 19.7 Å². The van der Waals surface area contributed by atoms with E-state index in [-0.39, 0.29) is 23.0 Å². The molecule has 1 rings (SSSR count). The van der Waals surface area contributed by atoms with Gasteiger partial charge in [-0.25, -0.2) is 0 Å². The van der Waals surface area contributed by atoms with E-state index in [4.69, 9.17) is 4.74 Å². The second kappa shape index (κ2) is 4.50. The number of carbonyl (C=O) groups is 1. The van der Waals surface area contributed by atoms with Crippen LogP contribution in [0.2, 0.25) is 0 Å². The Morgan fingerprint density at radius 2 is 2.07 bits per heavy atom. The highest BCUT2D eigenvalue weighted by molar-refractivity contribution is 5.91. The van der Waals surface area contributed by atoms with E-state index < -0.39 is 0 Å². The summed E-state index contributed by atoms with van der Waals surface area (Å²) >= 11 is 0. The lowest BCUT2D eigenvalue weighted by atomic mass is 10.1. The van der Waals surface area contributed by atoms with Crippen LogP contribution in [0.15, 0.2) is 18.2 Å². The number of ketones is 1. The van der Waals surface area contributed by atoms with E-state index >= 15 is 0 Å². The largest absolute Gasteiger partial charge is 0.504 e. The molecule has 0 aliphatic rings. The highest BCUT2D eigenvalue weighted by atomic mass is 16.5. The van der Waals surface area contributed by atoms with Crippen LogP contribution in [-0.4, -0.2) is 23.1 Å². The standard InChI is InChI=1S/C11H12O4/c1-7(12)3-4-8-5-9(13)11(14)10(6-8)15-2/h3-6,13-14H,1-2H3. The molecule has 0 atom stereocenters. The van der Waals surface area contributed by atoms with Crippen LogP contribution in [-0.2, 0) is 4.79 Å². The quantitative estimate of drug-likeness (QED) is 0.586. The van der Waals surface area contributed by atoms with Gasteiger partial charge in [0.05, 0.1) is 7.11 Å². The van der Waals surface area contributed by atoms with Crippen LogP contribution in [0.25, 0.3) is 6.08 Å². The van der Waals surface area contributed by atoms with Gasteiger partial charge in [0.15, 0.2) is 17.3 Å². The van der Waals surface area contributed by atoms with Crippen molar-refractivity contribution in [1.29, 1.82) is 0 Å². The predicted molar refractivity (Wildman–Crippen MR) is 56.0 cm³/mol. The maximum absolute atomic E-state index is 10.7. The van der Waals surface area contributed by atoms with E-state index in [9.17, 15) is 15.0 Å². The predicted octanol–water partition coefficient (Wildman–Crippen LogP) is 1.71. The van der Waals surface area contributed by atoms with Crippen molar-refractivity contribution in [2.75, 3.05) is 7.11 Å². The van der Waals surface area contributed by atoms with Crippen molar-refractivity contribution in [3.8, 4) is 17.2 Å². The summed E-state index contributed by atoms with van der Waals surface area (Å²) in [5.74, 6) is -0.519. The highest BCUT2D eigenvalue weighted by Crippen LogP contribution is 2.36. The van der Waals surface area contributed by atoms with E-state index in [1.807, 2.05) is 0 Å². The Bertz CT molecular complexity index is 407. The Labute approximate surface area is 87.4 Å². The molecule has 0 fully saturated rings. The zero-order valence-corrected chi connectivity index (χ0v) is 8.52. The summed E-state index contributed by atoms with van der Waals surface area (Å²) < 4.78 is 4.84. The van der Waals surface area contributed by atoms with Gasteiger partial charge in [-0.3, -0.25) is 4.79 Å². The van der Waals surface area contributed by atoms with E-state index in [1.165, 1.54) is 38.3 Å². The first kappa shape index (κ1) is 11.1. The van der Waals surface area contributed by atoms with Crippen LogP contribution in [0.5, 0.6) is 17.2 Å². The fraction of sp³-hybridized carbons (Fsp3) is 0.182. The van der Waals surface area contributed by atoms with E-state index in [0.717, 1.165) is 0 Å². The Morgan fingerprint density at radius 3 is 2.60 bits per heavy atom. The number of methoxy groups -OCH3 is 1. The molecular formula is C11H12O4. The van der Waals surface area contributed by atoms with Crippen LogP contribution in [0, 0.1) is 0 Å². The first-order valence-electron chi connectivity index (χ1n) is 4.33. The summed E-state index contributed by atoms with van der Waals surface area (Å²) in [6.07, 6.45) is 2.90. The lowest BCUT2D eigenvalue weighted by Gasteiger charge is -2.06. The van der Waals surface area contributed by atoms with Crippen molar-refractivity contribution in [3.05, 3.63) is 23.8 Å². The van der Waals surface area contributed by atoms with E-state index in [1.54, 1.807) is 0 Å². The number of hydrogen-bond acceptors (Lipinski definition) is 4. The second-order valence-electron chi connectivity index (χ2n) is 3.03. The minimum atomic E-state index is -0.308.